The molecule has 0 spiro atoms. The quantitative estimate of drug-likeness (QED) is 0.171. The fourth-order valence-corrected chi connectivity index (χ4v) is 5.21. The molecular weight excluding hydrogens is 404 g/mol. The number of carboxylic acids is 1. The van der Waals surface area contributed by atoms with Gasteiger partial charge in [-0.15, -0.1) is 0 Å². The van der Waals surface area contributed by atoms with E-state index in [0.717, 1.165) is 12.8 Å². The summed E-state index contributed by atoms with van der Waals surface area (Å²) in [5.74, 6) is -0.345. The Kier molecular flexibility index (Phi) is 12.0. The number of unbranched alkanes of at least 4 members (excludes halogenated alkanes) is 5. The van der Waals surface area contributed by atoms with Gasteiger partial charge >= 0.3 is 5.97 Å². The van der Waals surface area contributed by atoms with Crippen LogP contribution >= 0.6 is 0 Å². The van der Waals surface area contributed by atoms with Gasteiger partial charge in [-0.2, -0.15) is 0 Å². The Bertz CT molecular complexity index is 615. The van der Waals surface area contributed by atoms with Gasteiger partial charge in [-0.05, 0) is 50.2 Å². The maximum Gasteiger partial charge on any atom is 0.303 e. The second-order valence-electron chi connectivity index (χ2n) is 10.5. The van der Waals surface area contributed by atoms with Crippen molar-refractivity contribution >= 4 is 20.1 Å². The summed E-state index contributed by atoms with van der Waals surface area (Å²) in [6.45, 7) is 13.5. The predicted octanol–water partition coefficient (Wildman–Crippen LogP) is 7.31. The molecule has 0 radical (unpaired) electrons. The minimum absolute atomic E-state index is 0.0225. The molecule has 0 aromatic carbocycles. The van der Waals surface area contributed by atoms with Gasteiger partial charge in [0.2, 0.25) is 0 Å². The molecule has 1 aliphatic rings. The lowest BCUT2D eigenvalue weighted by Crippen LogP contribution is -2.45. The lowest BCUT2D eigenvalue weighted by Gasteiger charge is -2.39. The van der Waals surface area contributed by atoms with Gasteiger partial charge in [-0.25, -0.2) is 0 Å². The third-order valence-electron chi connectivity index (χ3n) is 6.86. The van der Waals surface area contributed by atoms with Crippen molar-refractivity contribution in [3.05, 3.63) is 24.3 Å². The van der Waals surface area contributed by atoms with E-state index >= 15 is 0 Å². The fraction of sp³-hybridized carbons (Fsp3) is 0.769. The van der Waals surface area contributed by atoms with E-state index in [1.165, 1.54) is 25.7 Å². The summed E-state index contributed by atoms with van der Waals surface area (Å²) >= 11 is 0. The van der Waals surface area contributed by atoms with Gasteiger partial charge in [0.15, 0.2) is 8.32 Å². The molecule has 1 rings (SSSR count). The van der Waals surface area contributed by atoms with E-state index < -0.39 is 14.3 Å². The number of allylic oxidation sites excluding steroid dienone is 3. The molecule has 1 unspecified atom stereocenters. The molecule has 1 saturated carbocycles. The van der Waals surface area contributed by atoms with Crippen LogP contribution < -0.4 is 0 Å². The second kappa shape index (κ2) is 13.4. The normalized spacial score (nSPS) is 22.8. The number of carboxylic acid groups (broad SMARTS) is 1. The van der Waals surface area contributed by atoms with Crippen LogP contribution in [0.5, 0.6) is 0 Å². The topological polar surface area (TPSA) is 63.6 Å². The Labute approximate surface area is 191 Å². The average Bonchev–Trinajstić information content (AvgIpc) is 2.93. The van der Waals surface area contributed by atoms with Crippen LogP contribution in [0.25, 0.3) is 0 Å². The monoisotopic (exact) mass is 450 g/mol. The van der Waals surface area contributed by atoms with Crippen molar-refractivity contribution in [2.75, 3.05) is 0 Å². The first-order valence-electron chi connectivity index (χ1n) is 12.2. The molecule has 1 N–H and O–H groups in total. The SMILES string of the molecule is CCCCCCC=C[C@@H]1C(CC=CCCCC(=O)O)C(=O)C[C@H]1O[Si](C)(C)C(C)(C)C. The van der Waals surface area contributed by atoms with E-state index in [-0.39, 0.29) is 29.4 Å². The molecular formula is C26H46O4Si. The van der Waals surface area contributed by atoms with E-state index in [2.05, 4.69) is 59.0 Å². The van der Waals surface area contributed by atoms with E-state index in [4.69, 9.17) is 9.53 Å². The van der Waals surface area contributed by atoms with Crippen LogP contribution in [0.2, 0.25) is 18.1 Å². The molecule has 0 amide bonds. The third kappa shape index (κ3) is 9.86. The van der Waals surface area contributed by atoms with Crippen LogP contribution in [0.4, 0.5) is 0 Å². The highest BCUT2D eigenvalue weighted by Crippen LogP contribution is 2.42. The third-order valence-corrected chi connectivity index (χ3v) is 11.4. The van der Waals surface area contributed by atoms with Crippen LogP contribution in [0.15, 0.2) is 24.3 Å². The Morgan fingerprint density at radius 2 is 1.77 bits per heavy atom. The summed E-state index contributed by atoms with van der Waals surface area (Å²) in [7, 11) is -1.96. The van der Waals surface area contributed by atoms with E-state index in [9.17, 15) is 9.59 Å². The first kappa shape index (κ1) is 27.8. The minimum atomic E-state index is -1.96. The zero-order valence-corrected chi connectivity index (χ0v) is 21.8. The maximum atomic E-state index is 12.9. The highest BCUT2D eigenvalue weighted by Gasteiger charge is 2.46. The summed E-state index contributed by atoms with van der Waals surface area (Å²) < 4.78 is 6.72. The van der Waals surface area contributed by atoms with Gasteiger partial charge in [-0.3, -0.25) is 9.59 Å². The van der Waals surface area contributed by atoms with Crippen LogP contribution in [0.3, 0.4) is 0 Å². The molecule has 0 aromatic heterocycles. The summed E-state index contributed by atoms with van der Waals surface area (Å²) in [4.78, 5) is 23.5. The molecule has 0 aromatic rings. The second-order valence-corrected chi connectivity index (χ2v) is 15.3. The summed E-state index contributed by atoms with van der Waals surface area (Å²) in [6, 6.07) is 0. The van der Waals surface area contributed by atoms with E-state index in [1.54, 1.807) is 0 Å². The lowest BCUT2D eigenvalue weighted by atomic mass is 9.90. The average molecular weight is 451 g/mol. The van der Waals surface area contributed by atoms with Gasteiger partial charge in [0.05, 0.1) is 6.10 Å². The number of hydrogen-bond donors (Lipinski definition) is 1. The number of ketones is 1. The first-order chi connectivity index (χ1) is 14.5. The van der Waals surface area contributed by atoms with Gasteiger partial charge in [0.25, 0.3) is 0 Å². The van der Waals surface area contributed by atoms with Crippen molar-refractivity contribution in [2.24, 2.45) is 11.8 Å². The van der Waals surface area contributed by atoms with Gasteiger partial charge in [0.1, 0.15) is 5.78 Å². The number of aliphatic carboxylic acids is 1. The molecule has 0 bridgehead atoms. The molecule has 178 valence electrons. The molecule has 4 nitrogen and oxygen atoms in total. The van der Waals surface area contributed by atoms with Gasteiger partial charge in [0, 0.05) is 24.7 Å². The standard InChI is InChI=1S/C26H46O4Si/c1-7-8-9-10-11-15-18-22-21(17-14-12-13-16-19-25(28)29)23(27)20-24(22)30-31(5,6)26(2,3)4/h12,14-15,18,21-22,24H,7-11,13,16-17,19-20H2,1-6H3,(H,28,29)/t21?,22-,24-/m1/s1. The first-order valence-corrected chi connectivity index (χ1v) is 15.1. The van der Waals surface area contributed by atoms with Crippen LogP contribution in [-0.4, -0.2) is 31.3 Å². The molecule has 5 heteroatoms. The number of Topliss-reactive ketones (excluding diaryl/α,β-unsaturated/α-hetero) is 1. The number of hydrogen-bond acceptors (Lipinski definition) is 3. The Balaban J connectivity index is 2.82. The molecule has 0 saturated heterocycles. The number of rotatable bonds is 14. The van der Waals surface area contributed by atoms with E-state index in [0.29, 0.717) is 25.0 Å². The van der Waals surface area contributed by atoms with Gasteiger partial charge < -0.3 is 9.53 Å². The van der Waals surface area contributed by atoms with Crippen molar-refractivity contribution < 1.29 is 19.1 Å². The summed E-state index contributed by atoms with van der Waals surface area (Å²) in [5.41, 5.74) is 0. The zero-order valence-electron chi connectivity index (χ0n) is 20.8. The number of carbonyl (C=O) groups excluding carboxylic acids is 1. The van der Waals surface area contributed by atoms with Crippen molar-refractivity contribution in [3.8, 4) is 0 Å². The van der Waals surface area contributed by atoms with Crippen LogP contribution in [-0.2, 0) is 14.0 Å². The zero-order chi connectivity index (χ0) is 23.5. The molecule has 0 aliphatic heterocycles. The van der Waals surface area contributed by atoms with Crippen molar-refractivity contribution in [1.29, 1.82) is 0 Å². The Morgan fingerprint density at radius 3 is 2.39 bits per heavy atom. The predicted molar refractivity (Wildman–Crippen MR) is 132 cm³/mol. The maximum absolute atomic E-state index is 12.9. The molecule has 3 atom stereocenters. The minimum Gasteiger partial charge on any atom is -0.481 e. The van der Waals surface area contributed by atoms with Crippen molar-refractivity contribution in [3.63, 3.8) is 0 Å². The Hall–Kier alpha value is -1.20. The number of carbonyl (C=O) groups is 2. The van der Waals surface area contributed by atoms with Crippen LogP contribution in [0.1, 0.15) is 91.9 Å². The van der Waals surface area contributed by atoms with Crippen molar-refractivity contribution in [2.45, 2.75) is 116 Å². The Morgan fingerprint density at radius 1 is 1.10 bits per heavy atom. The fourth-order valence-electron chi connectivity index (χ4n) is 3.86. The highest BCUT2D eigenvalue weighted by atomic mass is 28.4. The molecule has 1 aliphatic carbocycles. The van der Waals surface area contributed by atoms with Crippen LogP contribution in [0, 0.1) is 11.8 Å². The largest absolute Gasteiger partial charge is 0.481 e. The highest BCUT2D eigenvalue weighted by molar-refractivity contribution is 6.74. The van der Waals surface area contributed by atoms with Crippen molar-refractivity contribution in [1.82, 2.24) is 0 Å². The summed E-state index contributed by atoms with van der Waals surface area (Å²) in [5, 5.41) is 8.87. The molecule has 31 heavy (non-hydrogen) atoms. The van der Waals surface area contributed by atoms with E-state index in [1.807, 2.05) is 6.08 Å². The molecule has 0 heterocycles. The smallest absolute Gasteiger partial charge is 0.303 e. The lowest BCUT2D eigenvalue weighted by molar-refractivity contribution is -0.137. The molecule has 1 fully saturated rings. The van der Waals surface area contributed by atoms with Gasteiger partial charge in [-0.1, -0.05) is 71.3 Å². The summed E-state index contributed by atoms with van der Waals surface area (Å²) in [6.07, 6.45) is 17.5.